The van der Waals surface area contributed by atoms with Gasteiger partial charge in [0.05, 0.1) is 5.52 Å². The van der Waals surface area contributed by atoms with Gasteiger partial charge in [-0.2, -0.15) is 0 Å². The molecule has 0 aliphatic heterocycles. The number of para-hydroxylation sites is 1. The smallest absolute Gasteiger partial charge is 0.216 e. The number of aromatic nitrogens is 1. The van der Waals surface area contributed by atoms with Crippen molar-refractivity contribution < 1.29 is 4.74 Å². The van der Waals surface area contributed by atoms with Crippen molar-refractivity contribution in [2.24, 2.45) is 0 Å². The number of aryl methyl sites for hydroxylation is 1. The third kappa shape index (κ3) is 3.20. The molecule has 3 heteroatoms. The molecule has 1 N–H and O–H groups in total. The summed E-state index contributed by atoms with van der Waals surface area (Å²) in [4.78, 5) is 4.54. The van der Waals surface area contributed by atoms with Crippen LogP contribution >= 0.6 is 0 Å². The van der Waals surface area contributed by atoms with Crippen molar-refractivity contribution in [1.29, 1.82) is 0 Å². The summed E-state index contributed by atoms with van der Waals surface area (Å²) in [7, 11) is 0. The van der Waals surface area contributed by atoms with Gasteiger partial charge in [-0.15, -0.1) is 0 Å². The lowest BCUT2D eigenvalue weighted by Gasteiger charge is -2.11. The maximum atomic E-state index is 5.72. The van der Waals surface area contributed by atoms with Crippen LogP contribution in [0.25, 0.3) is 10.9 Å². The van der Waals surface area contributed by atoms with E-state index in [1.165, 1.54) is 0 Å². The van der Waals surface area contributed by atoms with E-state index in [0.29, 0.717) is 12.6 Å². The number of benzene rings is 1. The molecule has 0 bridgehead atoms. The van der Waals surface area contributed by atoms with E-state index in [9.17, 15) is 0 Å². The molecular weight excluding hydrogens is 224 g/mol. The summed E-state index contributed by atoms with van der Waals surface area (Å²) in [6.07, 6.45) is 0. The van der Waals surface area contributed by atoms with Gasteiger partial charge in [0.15, 0.2) is 0 Å². The highest BCUT2D eigenvalue weighted by Crippen LogP contribution is 2.21. The van der Waals surface area contributed by atoms with Crippen molar-refractivity contribution in [3.8, 4) is 5.88 Å². The zero-order valence-electron chi connectivity index (χ0n) is 11.2. The molecule has 18 heavy (non-hydrogen) atoms. The Labute approximate surface area is 108 Å². The van der Waals surface area contributed by atoms with Crippen molar-refractivity contribution in [3.63, 3.8) is 0 Å². The molecule has 0 unspecified atom stereocenters. The molecule has 0 saturated heterocycles. The number of fused-ring (bicyclic) bond motifs is 1. The Bertz CT molecular complexity index is 523. The lowest BCUT2D eigenvalue weighted by molar-refractivity contribution is 0.297. The highest BCUT2D eigenvalue weighted by molar-refractivity contribution is 5.79. The summed E-state index contributed by atoms with van der Waals surface area (Å²) in [5.41, 5.74) is 2.06. The van der Waals surface area contributed by atoms with Crippen molar-refractivity contribution in [1.82, 2.24) is 10.3 Å². The van der Waals surface area contributed by atoms with Gasteiger partial charge >= 0.3 is 0 Å². The molecule has 96 valence electrons. The summed E-state index contributed by atoms with van der Waals surface area (Å²) in [5, 5.41) is 4.47. The summed E-state index contributed by atoms with van der Waals surface area (Å²) in [6, 6.07) is 10.7. The van der Waals surface area contributed by atoms with Crippen LogP contribution in [-0.4, -0.2) is 24.2 Å². The number of pyridine rings is 1. The number of hydrogen-bond acceptors (Lipinski definition) is 3. The SMILES string of the molecule is Cc1cc2ccccc2nc1OCCNC(C)C. The van der Waals surface area contributed by atoms with Crippen LogP contribution in [0.3, 0.4) is 0 Å². The fourth-order valence-corrected chi connectivity index (χ4v) is 1.85. The van der Waals surface area contributed by atoms with Crippen LogP contribution in [0.2, 0.25) is 0 Å². The normalized spacial score (nSPS) is 11.1. The standard InChI is InChI=1S/C15H20N2O/c1-11(2)16-8-9-18-15-12(3)10-13-6-4-5-7-14(13)17-15/h4-7,10-11,16H,8-9H2,1-3H3. The van der Waals surface area contributed by atoms with E-state index in [0.717, 1.165) is 28.9 Å². The van der Waals surface area contributed by atoms with Crippen LogP contribution < -0.4 is 10.1 Å². The molecule has 0 aliphatic carbocycles. The van der Waals surface area contributed by atoms with Crippen LogP contribution in [0.5, 0.6) is 5.88 Å². The van der Waals surface area contributed by atoms with Crippen LogP contribution in [0.15, 0.2) is 30.3 Å². The summed E-state index contributed by atoms with van der Waals surface area (Å²) < 4.78 is 5.72. The number of hydrogen-bond donors (Lipinski definition) is 1. The van der Waals surface area contributed by atoms with Crippen molar-refractivity contribution in [3.05, 3.63) is 35.9 Å². The van der Waals surface area contributed by atoms with E-state index in [2.05, 4.69) is 36.3 Å². The van der Waals surface area contributed by atoms with Gasteiger partial charge in [-0.1, -0.05) is 32.0 Å². The average molecular weight is 244 g/mol. The van der Waals surface area contributed by atoms with E-state index in [4.69, 9.17) is 4.74 Å². The van der Waals surface area contributed by atoms with Gasteiger partial charge in [0.25, 0.3) is 0 Å². The van der Waals surface area contributed by atoms with Gasteiger partial charge in [0.2, 0.25) is 5.88 Å². The van der Waals surface area contributed by atoms with E-state index < -0.39 is 0 Å². The van der Waals surface area contributed by atoms with E-state index in [1.807, 2.05) is 25.1 Å². The topological polar surface area (TPSA) is 34.1 Å². The molecule has 1 aromatic carbocycles. The largest absolute Gasteiger partial charge is 0.476 e. The van der Waals surface area contributed by atoms with E-state index in [-0.39, 0.29) is 0 Å². The summed E-state index contributed by atoms with van der Waals surface area (Å²) in [6.45, 7) is 7.76. The number of nitrogens with one attached hydrogen (secondary N) is 1. The quantitative estimate of drug-likeness (QED) is 0.821. The molecule has 0 radical (unpaired) electrons. The second-order valence-electron chi connectivity index (χ2n) is 4.76. The Morgan fingerprint density at radius 2 is 2.06 bits per heavy atom. The first-order chi connectivity index (χ1) is 8.66. The molecule has 3 nitrogen and oxygen atoms in total. The van der Waals surface area contributed by atoms with Crippen LogP contribution in [0.4, 0.5) is 0 Å². The molecular formula is C15H20N2O. The van der Waals surface area contributed by atoms with Gasteiger partial charge in [0.1, 0.15) is 6.61 Å². The lowest BCUT2D eigenvalue weighted by Crippen LogP contribution is -2.27. The first kappa shape index (κ1) is 12.8. The Morgan fingerprint density at radius 1 is 1.28 bits per heavy atom. The predicted octanol–water partition coefficient (Wildman–Crippen LogP) is 2.92. The zero-order valence-corrected chi connectivity index (χ0v) is 11.2. The van der Waals surface area contributed by atoms with E-state index in [1.54, 1.807) is 0 Å². The monoisotopic (exact) mass is 244 g/mol. The summed E-state index contributed by atoms with van der Waals surface area (Å²) >= 11 is 0. The molecule has 2 rings (SSSR count). The predicted molar refractivity (Wildman–Crippen MR) is 75.1 cm³/mol. The highest BCUT2D eigenvalue weighted by Gasteiger charge is 2.04. The zero-order chi connectivity index (χ0) is 13.0. The Balaban J connectivity index is 2.06. The Hall–Kier alpha value is -1.61. The number of nitrogens with zero attached hydrogens (tertiary/aromatic N) is 1. The van der Waals surface area contributed by atoms with Gasteiger partial charge < -0.3 is 10.1 Å². The lowest BCUT2D eigenvalue weighted by atomic mass is 10.2. The van der Waals surface area contributed by atoms with Gasteiger partial charge in [-0.3, -0.25) is 0 Å². The third-order valence-corrected chi connectivity index (χ3v) is 2.76. The number of rotatable bonds is 5. The van der Waals surface area contributed by atoms with Crippen LogP contribution in [-0.2, 0) is 0 Å². The Morgan fingerprint density at radius 3 is 2.83 bits per heavy atom. The Kier molecular flexibility index (Phi) is 4.15. The molecule has 0 fully saturated rings. The number of ether oxygens (including phenoxy) is 1. The minimum Gasteiger partial charge on any atom is -0.476 e. The molecule has 0 aliphatic rings. The molecule has 0 saturated carbocycles. The minimum atomic E-state index is 0.485. The molecule has 0 spiro atoms. The van der Waals surface area contributed by atoms with Crippen molar-refractivity contribution >= 4 is 10.9 Å². The van der Waals surface area contributed by atoms with Gasteiger partial charge in [-0.25, -0.2) is 4.98 Å². The van der Waals surface area contributed by atoms with Crippen LogP contribution in [0.1, 0.15) is 19.4 Å². The van der Waals surface area contributed by atoms with Gasteiger partial charge in [0, 0.05) is 23.5 Å². The fourth-order valence-electron chi connectivity index (χ4n) is 1.85. The molecule has 0 amide bonds. The first-order valence-electron chi connectivity index (χ1n) is 6.39. The maximum absolute atomic E-state index is 5.72. The average Bonchev–Trinajstić information content (AvgIpc) is 2.34. The maximum Gasteiger partial charge on any atom is 0.216 e. The molecule has 2 aromatic rings. The summed E-state index contributed by atoms with van der Waals surface area (Å²) in [5.74, 6) is 0.735. The van der Waals surface area contributed by atoms with E-state index >= 15 is 0 Å². The van der Waals surface area contributed by atoms with Gasteiger partial charge in [-0.05, 0) is 19.1 Å². The second kappa shape index (κ2) is 5.83. The third-order valence-electron chi connectivity index (χ3n) is 2.76. The molecule has 1 aromatic heterocycles. The van der Waals surface area contributed by atoms with Crippen LogP contribution in [0, 0.1) is 6.92 Å². The minimum absolute atomic E-state index is 0.485. The van der Waals surface area contributed by atoms with Crippen molar-refractivity contribution in [2.45, 2.75) is 26.8 Å². The molecule has 0 atom stereocenters. The molecule has 1 heterocycles. The first-order valence-corrected chi connectivity index (χ1v) is 6.39. The fraction of sp³-hybridized carbons (Fsp3) is 0.400. The second-order valence-corrected chi connectivity index (χ2v) is 4.76. The highest BCUT2D eigenvalue weighted by atomic mass is 16.5. The van der Waals surface area contributed by atoms with Crippen molar-refractivity contribution in [2.75, 3.05) is 13.2 Å².